The van der Waals surface area contributed by atoms with Gasteiger partial charge in [0.15, 0.2) is 0 Å². The average Bonchev–Trinajstić information content (AvgIpc) is 2.45. The summed E-state index contributed by atoms with van der Waals surface area (Å²) in [6, 6.07) is 6.39. The van der Waals surface area contributed by atoms with E-state index in [1.807, 2.05) is 0 Å². The van der Waals surface area contributed by atoms with Gasteiger partial charge in [-0.05, 0) is 25.5 Å². The zero-order valence-electron chi connectivity index (χ0n) is 11.7. The van der Waals surface area contributed by atoms with E-state index in [0.717, 1.165) is 0 Å². The summed E-state index contributed by atoms with van der Waals surface area (Å²) >= 11 is 0. The Kier molecular flexibility index (Phi) is 3.97. The van der Waals surface area contributed by atoms with Gasteiger partial charge in [0.25, 0.3) is 0 Å². The van der Waals surface area contributed by atoms with Crippen LogP contribution in [0.1, 0.15) is 20.3 Å². The molecule has 1 heterocycles. The second-order valence-electron chi connectivity index (χ2n) is 4.95. The third-order valence-electron chi connectivity index (χ3n) is 3.47. The highest BCUT2D eigenvalue weighted by Crippen LogP contribution is 2.24. The van der Waals surface area contributed by atoms with Crippen LogP contribution in [0.2, 0.25) is 0 Å². The van der Waals surface area contributed by atoms with Crippen molar-refractivity contribution >= 4 is 26.8 Å². The Bertz CT molecular complexity index is 783. The van der Waals surface area contributed by atoms with Gasteiger partial charge in [-0.3, -0.25) is 9.78 Å². The molecule has 1 aromatic carbocycles. The number of hydrogen-bond acceptors (Lipinski definition) is 4. The van der Waals surface area contributed by atoms with E-state index in [2.05, 4.69) is 9.71 Å². The molecule has 6 nitrogen and oxygen atoms in total. The normalized spacial score (nSPS) is 14.8. The molecule has 0 radical (unpaired) electrons. The van der Waals surface area contributed by atoms with Gasteiger partial charge in [-0.25, -0.2) is 8.42 Å². The van der Waals surface area contributed by atoms with E-state index in [0.29, 0.717) is 10.8 Å². The molecule has 0 bridgehead atoms. The Morgan fingerprint density at radius 2 is 2.10 bits per heavy atom. The van der Waals surface area contributed by atoms with E-state index < -0.39 is 21.5 Å². The summed E-state index contributed by atoms with van der Waals surface area (Å²) in [6.07, 6.45) is 3.19. The summed E-state index contributed by atoms with van der Waals surface area (Å²) in [6.45, 7) is 2.96. The first kappa shape index (κ1) is 15.4. The van der Waals surface area contributed by atoms with Crippen LogP contribution < -0.4 is 4.72 Å². The van der Waals surface area contributed by atoms with Crippen LogP contribution in [0.3, 0.4) is 0 Å². The third kappa shape index (κ3) is 2.88. The Labute approximate surface area is 122 Å². The van der Waals surface area contributed by atoms with Crippen molar-refractivity contribution in [2.45, 2.75) is 30.7 Å². The summed E-state index contributed by atoms with van der Waals surface area (Å²) in [4.78, 5) is 15.3. The van der Waals surface area contributed by atoms with Crippen LogP contribution in [-0.4, -0.2) is 30.0 Å². The number of sulfonamides is 1. The molecule has 21 heavy (non-hydrogen) atoms. The molecule has 0 saturated heterocycles. The fourth-order valence-electron chi connectivity index (χ4n) is 1.95. The fraction of sp³-hybridized carbons (Fsp3) is 0.286. The van der Waals surface area contributed by atoms with Crippen LogP contribution in [0.5, 0.6) is 0 Å². The summed E-state index contributed by atoms with van der Waals surface area (Å²) in [5.74, 6) is -1.21. The van der Waals surface area contributed by atoms with Gasteiger partial charge in [0.2, 0.25) is 10.0 Å². The average molecular weight is 308 g/mol. The largest absolute Gasteiger partial charge is 0.480 e. The number of carbonyl (C=O) groups is 1. The molecule has 0 fully saturated rings. The maximum Gasteiger partial charge on any atom is 0.324 e. The van der Waals surface area contributed by atoms with Crippen molar-refractivity contribution in [3.05, 3.63) is 36.7 Å². The lowest BCUT2D eigenvalue weighted by Crippen LogP contribution is -2.51. The molecule has 2 aromatic rings. The summed E-state index contributed by atoms with van der Waals surface area (Å²) in [5.41, 5.74) is -1.55. The van der Waals surface area contributed by atoms with Crippen LogP contribution in [0.25, 0.3) is 10.8 Å². The molecular weight excluding hydrogens is 292 g/mol. The Balaban J connectivity index is 2.55. The lowest BCUT2D eigenvalue weighted by Gasteiger charge is -2.24. The molecule has 0 aliphatic heterocycles. The lowest BCUT2D eigenvalue weighted by molar-refractivity contribution is -0.143. The Morgan fingerprint density at radius 3 is 2.71 bits per heavy atom. The predicted octanol–water partition coefficient (Wildman–Crippen LogP) is 1.77. The Morgan fingerprint density at radius 1 is 1.38 bits per heavy atom. The van der Waals surface area contributed by atoms with Crippen molar-refractivity contribution in [3.63, 3.8) is 0 Å². The van der Waals surface area contributed by atoms with Crippen LogP contribution in [0.4, 0.5) is 0 Å². The van der Waals surface area contributed by atoms with Crippen molar-refractivity contribution < 1.29 is 18.3 Å². The van der Waals surface area contributed by atoms with Crippen molar-refractivity contribution in [3.8, 4) is 0 Å². The quantitative estimate of drug-likeness (QED) is 0.877. The maximum atomic E-state index is 12.5. The number of carboxylic acids is 1. The van der Waals surface area contributed by atoms with E-state index in [1.54, 1.807) is 31.3 Å². The van der Waals surface area contributed by atoms with Gasteiger partial charge in [-0.1, -0.05) is 19.1 Å². The molecule has 0 amide bonds. The summed E-state index contributed by atoms with van der Waals surface area (Å²) in [7, 11) is -3.96. The summed E-state index contributed by atoms with van der Waals surface area (Å²) < 4.78 is 27.3. The van der Waals surface area contributed by atoms with Crippen LogP contribution in [-0.2, 0) is 14.8 Å². The first-order valence-corrected chi connectivity index (χ1v) is 7.88. The minimum atomic E-state index is -3.96. The molecule has 0 aliphatic carbocycles. The van der Waals surface area contributed by atoms with Gasteiger partial charge in [-0.15, -0.1) is 0 Å². The SMILES string of the molecule is CCC(C)(NS(=O)(=O)c1cccc2cnccc12)C(=O)O. The van der Waals surface area contributed by atoms with Gasteiger partial charge >= 0.3 is 5.97 Å². The van der Waals surface area contributed by atoms with Crippen molar-refractivity contribution in [2.24, 2.45) is 0 Å². The topological polar surface area (TPSA) is 96.4 Å². The van der Waals surface area contributed by atoms with Gasteiger partial charge in [0, 0.05) is 23.2 Å². The maximum absolute atomic E-state index is 12.5. The van der Waals surface area contributed by atoms with Crippen LogP contribution >= 0.6 is 0 Å². The number of carboxylic acid groups (broad SMARTS) is 1. The number of rotatable bonds is 5. The number of pyridine rings is 1. The van der Waals surface area contributed by atoms with E-state index >= 15 is 0 Å². The summed E-state index contributed by atoms with van der Waals surface area (Å²) in [5, 5.41) is 10.4. The first-order chi connectivity index (χ1) is 9.80. The van der Waals surface area contributed by atoms with E-state index in [1.165, 1.54) is 19.2 Å². The smallest absolute Gasteiger partial charge is 0.324 e. The zero-order valence-corrected chi connectivity index (χ0v) is 12.5. The number of aliphatic carboxylic acids is 1. The number of aromatic nitrogens is 1. The zero-order chi connectivity index (χ0) is 15.7. The number of nitrogens with one attached hydrogen (secondary N) is 1. The molecule has 0 spiro atoms. The number of fused-ring (bicyclic) bond motifs is 1. The highest BCUT2D eigenvalue weighted by Gasteiger charge is 2.36. The molecule has 112 valence electrons. The molecular formula is C14H16N2O4S. The van der Waals surface area contributed by atoms with Crippen molar-refractivity contribution in [1.82, 2.24) is 9.71 Å². The minimum absolute atomic E-state index is 0.0447. The molecule has 2 N–H and O–H groups in total. The first-order valence-electron chi connectivity index (χ1n) is 6.40. The number of benzene rings is 1. The standard InChI is InChI=1S/C14H16N2O4S/c1-3-14(2,13(17)18)16-21(19,20)12-6-4-5-10-9-15-8-7-11(10)12/h4-9,16H,3H2,1-2H3,(H,17,18). The van der Waals surface area contributed by atoms with Crippen molar-refractivity contribution in [1.29, 1.82) is 0 Å². The van der Waals surface area contributed by atoms with Gasteiger partial charge in [-0.2, -0.15) is 4.72 Å². The Hall–Kier alpha value is -1.99. The lowest BCUT2D eigenvalue weighted by atomic mass is 10.0. The minimum Gasteiger partial charge on any atom is -0.480 e. The molecule has 0 aliphatic rings. The highest BCUT2D eigenvalue weighted by atomic mass is 32.2. The van der Waals surface area contributed by atoms with E-state index in [-0.39, 0.29) is 11.3 Å². The molecule has 7 heteroatoms. The molecule has 0 saturated carbocycles. The highest BCUT2D eigenvalue weighted by molar-refractivity contribution is 7.89. The van der Waals surface area contributed by atoms with Gasteiger partial charge < -0.3 is 5.11 Å². The molecule has 1 aromatic heterocycles. The molecule has 1 unspecified atom stereocenters. The number of nitrogens with zero attached hydrogens (tertiary/aromatic N) is 1. The van der Waals surface area contributed by atoms with Crippen molar-refractivity contribution in [2.75, 3.05) is 0 Å². The second kappa shape index (κ2) is 5.42. The fourth-order valence-corrected chi connectivity index (χ4v) is 3.61. The second-order valence-corrected chi connectivity index (χ2v) is 6.60. The van der Waals surface area contributed by atoms with E-state index in [9.17, 15) is 18.3 Å². The number of hydrogen-bond donors (Lipinski definition) is 2. The van der Waals surface area contributed by atoms with Crippen LogP contribution in [0.15, 0.2) is 41.6 Å². The predicted molar refractivity (Wildman–Crippen MR) is 78.4 cm³/mol. The molecule has 2 rings (SSSR count). The third-order valence-corrected chi connectivity index (χ3v) is 5.12. The van der Waals surface area contributed by atoms with Gasteiger partial charge in [0.05, 0.1) is 4.90 Å². The monoisotopic (exact) mass is 308 g/mol. The van der Waals surface area contributed by atoms with E-state index in [4.69, 9.17) is 0 Å². The molecule has 1 atom stereocenters. The van der Waals surface area contributed by atoms with Crippen LogP contribution in [0, 0.1) is 0 Å². The van der Waals surface area contributed by atoms with Gasteiger partial charge in [0.1, 0.15) is 5.54 Å².